The minimum absolute atomic E-state index is 0.138. The molecule has 6 nitrogen and oxygen atoms in total. The third-order valence-electron chi connectivity index (χ3n) is 5.60. The Hall–Kier alpha value is -2.23. The minimum atomic E-state index is -0.854. The Balaban J connectivity index is 1.72. The summed E-state index contributed by atoms with van der Waals surface area (Å²) in [6.45, 7) is 0.262. The molecular formula is C20H22ClF3N6. The van der Waals surface area contributed by atoms with E-state index in [1.807, 2.05) is 0 Å². The molecule has 0 atom stereocenters. The van der Waals surface area contributed by atoms with Gasteiger partial charge in [-0.3, -0.25) is 4.39 Å². The summed E-state index contributed by atoms with van der Waals surface area (Å²) in [5, 5.41) is 7.73. The number of halogens is 4. The maximum Gasteiger partial charge on any atom is 0.186 e. The fourth-order valence-electron chi connectivity index (χ4n) is 3.95. The number of aromatic nitrogens is 4. The van der Waals surface area contributed by atoms with Crippen molar-refractivity contribution in [1.29, 1.82) is 0 Å². The van der Waals surface area contributed by atoms with Gasteiger partial charge in [0, 0.05) is 6.04 Å². The molecule has 0 saturated heterocycles. The predicted octanol–water partition coefficient (Wildman–Crippen LogP) is 3.77. The highest BCUT2D eigenvalue weighted by molar-refractivity contribution is 6.29. The molecule has 10 heteroatoms. The van der Waals surface area contributed by atoms with Crippen molar-refractivity contribution in [2.24, 2.45) is 5.73 Å². The van der Waals surface area contributed by atoms with E-state index in [0.717, 1.165) is 25.0 Å². The molecule has 1 fully saturated rings. The van der Waals surface area contributed by atoms with Crippen LogP contribution in [0.3, 0.4) is 0 Å². The molecule has 0 unspecified atom stereocenters. The van der Waals surface area contributed by atoms with E-state index in [4.69, 9.17) is 17.3 Å². The predicted molar refractivity (Wildman–Crippen MR) is 108 cm³/mol. The lowest BCUT2D eigenvalue weighted by atomic mass is 9.78. The highest BCUT2D eigenvalue weighted by Gasteiger charge is 2.37. The van der Waals surface area contributed by atoms with Crippen molar-refractivity contribution >= 4 is 17.2 Å². The Labute approximate surface area is 176 Å². The van der Waals surface area contributed by atoms with Crippen LogP contribution in [0.4, 0.5) is 13.2 Å². The van der Waals surface area contributed by atoms with Gasteiger partial charge in [-0.15, -0.1) is 5.10 Å². The summed E-state index contributed by atoms with van der Waals surface area (Å²) in [5.41, 5.74) is 6.32. The van der Waals surface area contributed by atoms with Gasteiger partial charge in [-0.2, -0.15) is 4.52 Å². The highest BCUT2D eigenvalue weighted by Crippen LogP contribution is 2.37. The van der Waals surface area contributed by atoms with E-state index < -0.39 is 17.2 Å². The van der Waals surface area contributed by atoms with Crippen LogP contribution in [0.5, 0.6) is 0 Å². The van der Waals surface area contributed by atoms with E-state index in [9.17, 15) is 13.2 Å². The normalized spacial score (nSPS) is 22.0. The monoisotopic (exact) mass is 438 g/mol. The summed E-state index contributed by atoms with van der Waals surface area (Å²) in [5.74, 6) is -1.69. The summed E-state index contributed by atoms with van der Waals surface area (Å²) in [6, 6.07) is 3.80. The maximum absolute atomic E-state index is 14.4. The fraction of sp³-hybridized carbons (Fsp3) is 0.450. The number of alkyl halides is 1. The average molecular weight is 439 g/mol. The third kappa shape index (κ3) is 3.89. The van der Waals surface area contributed by atoms with Crippen molar-refractivity contribution in [2.75, 3.05) is 13.2 Å². The summed E-state index contributed by atoms with van der Waals surface area (Å²) in [4.78, 5) is 8.75. The first-order valence-corrected chi connectivity index (χ1v) is 10.2. The van der Waals surface area contributed by atoms with Gasteiger partial charge >= 0.3 is 0 Å². The standard InChI is InChI=1S/C20H22ClF3N6/c21-15-11-27-19-17(20(25)7-5-12(6-8-20)26-10-2-9-22)28-18(29-30(15)19)16-13(23)3-1-4-14(16)24/h1,3-4,11-12,26H,2,5-10,25H2. The molecule has 4 rings (SSSR count). The number of hydrogen-bond donors (Lipinski definition) is 2. The number of fused-ring (bicyclic) bond motifs is 1. The topological polar surface area (TPSA) is 81.1 Å². The van der Waals surface area contributed by atoms with E-state index in [2.05, 4.69) is 20.4 Å². The van der Waals surface area contributed by atoms with Crippen molar-refractivity contribution in [3.8, 4) is 11.4 Å². The average Bonchev–Trinajstić information content (AvgIpc) is 3.10. The fourth-order valence-corrected chi connectivity index (χ4v) is 4.12. The van der Waals surface area contributed by atoms with Crippen LogP contribution in [0.2, 0.25) is 5.15 Å². The zero-order valence-corrected chi connectivity index (χ0v) is 17.0. The first-order valence-electron chi connectivity index (χ1n) is 9.87. The molecule has 160 valence electrons. The van der Waals surface area contributed by atoms with E-state index in [0.29, 0.717) is 37.1 Å². The number of benzene rings is 1. The van der Waals surface area contributed by atoms with E-state index >= 15 is 0 Å². The van der Waals surface area contributed by atoms with Gasteiger partial charge in [0.15, 0.2) is 16.6 Å². The molecule has 30 heavy (non-hydrogen) atoms. The molecule has 3 N–H and O–H groups in total. The van der Waals surface area contributed by atoms with Crippen molar-refractivity contribution in [1.82, 2.24) is 24.9 Å². The Morgan fingerprint density at radius 1 is 1.23 bits per heavy atom. The number of rotatable bonds is 6. The largest absolute Gasteiger partial charge is 0.320 e. The Bertz CT molecular complexity index is 1030. The van der Waals surface area contributed by atoms with Gasteiger partial charge in [-0.25, -0.2) is 18.7 Å². The molecular weight excluding hydrogens is 417 g/mol. The Morgan fingerprint density at radius 2 is 1.93 bits per heavy atom. The van der Waals surface area contributed by atoms with Gasteiger partial charge < -0.3 is 11.1 Å². The number of nitrogens with two attached hydrogens (primary N) is 1. The van der Waals surface area contributed by atoms with Crippen molar-refractivity contribution in [2.45, 2.75) is 43.7 Å². The van der Waals surface area contributed by atoms with Crippen molar-refractivity contribution in [3.05, 3.63) is 46.9 Å². The number of imidazole rings is 1. The smallest absolute Gasteiger partial charge is 0.186 e. The van der Waals surface area contributed by atoms with Crippen LogP contribution >= 0.6 is 11.6 Å². The maximum atomic E-state index is 14.4. The lowest BCUT2D eigenvalue weighted by molar-refractivity contribution is 0.246. The molecule has 2 aromatic heterocycles. The SMILES string of the molecule is NC1(c2nc(-c3c(F)cccc3F)nn3c(Cl)cnc23)CCC(NCCCF)CC1. The molecule has 0 amide bonds. The summed E-state index contributed by atoms with van der Waals surface area (Å²) in [7, 11) is 0. The van der Waals surface area contributed by atoms with Crippen molar-refractivity contribution < 1.29 is 13.2 Å². The van der Waals surface area contributed by atoms with Crippen LogP contribution in [0.25, 0.3) is 17.0 Å². The van der Waals surface area contributed by atoms with E-state index in [-0.39, 0.29) is 29.3 Å². The van der Waals surface area contributed by atoms with Gasteiger partial charge in [-0.1, -0.05) is 17.7 Å². The Morgan fingerprint density at radius 3 is 2.60 bits per heavy atom. The van der Waals surface area contributed by atoms with Crippen LogP contribution in [-0.2, 0) is 5.54 Å². The number of nitrogens with zero attached hydrogens (tertiary/aromatic N) is 4. The minimum Gasteiger partial charge on any atom is -0.320 e. The highest BCUT2D eigenvalue weighted by atomic mass is 35.5. The van der Waals surface area contributed by atoms with Crippen LogP contribution in [0.1, 0.15) is 37.8 Å². The van der Waals surface area contributed by atoms with E-state index in [1.165, 1.54) is 16.8 Å². The van der Waals surface area contributed by atoms with Gasteiger partial charge in [0.25, 0.3) is 0 Å². The molecule has 1 aliphatic rings. The van der Waals surface area contributed by atoms with Gasteiger partial charge in [0.05, 0.1) is 24.0 Å². The second kappa shape index (κ2) is 8.49. The van der Waals surface area contributed by atoms with Crippen LogP contribution in [-0.4, -0.2) is 38.8 Å². The molecule has 0 aliphatic heterocycles. The third-order valence-corrected chi connectivity index (χ3v) is 5.86. The summed E-state index contributed by atoms with van der Waals surface area (Å²) >= 11 is 6.20. The van der Waals surface area contributed by atoms with Crippen LogP contribution in [0.15, 0.2) is 24.4 Å². The molecule has 0 bridgehead atoms. The Kier molecular flexibility index (Phi) is 5.95. The van der Waals surface area contributed by atoms with Crippen LogP contribution < -0.4 is 11.1 Å². The lowest BCUT2D eigenvalue weighted by Gasteiger charge is -2.37. The second-order valence-electron chi connectivity index (χ2n) is 7.62. The molecule has 0 radical (unpaired) electrons. The molecule has 3 aromatic rings. The van der Waals surface area contributed by atoms with Crippen LogP contribution in [0, 0.1) is 11.6 Å². The van der Waals surface area contributed by atoms with Gasteiger partial charge in [0.1, 0.15) is 17.3 Å². The number of hydrogen-bond acceptors (Lipinski definition) is 5. The van der Waals surface area contributed by atoms with Crippen molar-refractivity contribution in [3.63, 3.8) is 0 Å². The summed E-state index contributed by atoms with van der Waals surface area (Å²) < 4.78 is 42.4. The summed E-state index contributed by atoms with van der Waals surface area (Å²) in [6.07, 6.45) is 4.56. The molecule has 2 heterocycles. The van der Waals surface area contributed by atoms with Gasteiger partial charge in [-0.05, 0) is 50.8 Å². The molecule has 0 spiro atoms. The molecule has 1 aliphatic carbocycles. The zero-order chi connectivity index (χ0) is 21.3. The van der Waals surface area contributed by atoms with Gasteiger partial charge in [0.2, 0.25) is 0 Å². The lowest BCUT2D eigenvalue weighted by Crippen LogP contribution is -2.46. The second-order valence-corrected chi connectivity index (χ2v) is 8.01. The first-order chi connectivity index (χ1) is 14.4. The first kappa shape index (κ1) is 21.0. The number of nitrogens with one attached hydrogen (secondary N) is 1. The quantitative estimate of drug-likeness (QED) is 0.572. The molecule has 1 saturated carbocycles. The zero-order valence-electron chi connectivity index (χ0n) is 16.2. The molecule has 1 aromatic carbocycles. The van der Waals surface area contributed by atoms with E-state index in [1.54, 1.807) is 0 Å².